The second-order valence-electron chi connectivity index (χ2n) is 5.90. The van der Waals surface area contributed by atoms with Crippen molar-refractivity contribution in [2.75, 3.05) is 24.4 Å². The molecule has 1 aromatic heterocycles. The van der Waals surface area contributed by atoms with Gasteiger partial charge in [0.15, 0.2) is 5.69 Å². The molecule has 0 spiro atoms. The van der Waals surface area contributed by atoms with E-state index in [9.17, 15) is 14.4 Å². The lowest BCUT2D eigenvalue weighted by atomic mass is 10.2. The lowest BCUT2D eigenvalue weighted by Crippen LogP contribution is -2.42. The molecule has 140 valence electrons. The smallest absolute Gasteiger partial charge is 0.330 e. The number of rotatable bonds is 8. The molecule has 0 unspecified atom stereocenters. The zero-order valence-electron chi connectivity index (χ0n) is 15.0. The molecule has 1 heterocycles. The molecule has 2 aromatic rings. The third kappa shape index (κ3) is 4.40. The Balaban J connectivity index is 2.54. The summed E-state index contributed by atoms with van der Waals surface area (Å²) in [6.45, 7) is 2.28. The first-order valence-corrected chi connectivity index (χ1v) is 8.45. The minimum atomic E-state index is -0.694. The summed E-state index contributed by atoms with van der Waals surface area (Å²) in [6, 6.07) is 9.21. The molecule has 1 aromatic carbocycles. The van der Waals surface area contributed by atoms with Crippen molar-refractivity contribution in [3.63, 3.8) is 0 Å². The van der Waals surface area contributed by atoms with Crippen molar-refractivity contribution in [3.05, 3.63) is 56.7 Å². The quantitative estimate of drug-likeness (QED) is 0.732. The highest BCUT2D eigenvalue weighted by Crippen LogP contribution is 2.20. The first kappa shape index (κ1) is 19.5. The summed E-state index contributed by atoms with van der Waals surface area (Å²) >= 11 is 0. The maximum absolute atomic E-state index is 12.6. The van der Waals surface area contributed by atoms with Gasteiger partial charge >= 0.3 is 5.69 Å². The third-order valence-electron chi connectivity index (χ3n) is 3.97. The molecule has 0 atom stereocenters. The number of carbonyl (C=O) groups is 1. The molecule has 1 amide bonds. The van der Waals surface area contributed by atoms with E-state index in [0.717, 1.165) is 18.4 Å². The molecule has 0 aliphatic rings. The Morgan fingerprint density at radius 1 is 1.27 bits per heavy atom. The minimum absolute atomic E-state index is 0.0208. The summed E-state index contributed by atoms with van der Waals surface area (Å²) < 4.78 is 6.22. The van der Waals surface area contributed by atoms with Crippen LogP contribution < -0.4 is 21.9 Å². The fourth-order valence-corrected chi connectivity index (χ4v) is 2.64. The average Bonchev–Trinajstić information content (AvgIpc) is 2.61. The van der Waals surface area contributed by atoms with Gasteiger partial charge in [0.05, 0.1) is 6.54 Å². The van der Waals surface area contributed by atoms with Crippen molar-refractivity contribution < 1.29 is 9.53 Å². The number of anilines is 2. The van der Waals surface area contributed by atoms with Gasteiger partial charge in [-0.15, -0.1) is 0 Å². The number of carbonyl (C=O) groups excluding carboxylic acids is 1. The van der Waals surface area contributed by atoms with E-state index < -0.39 is 17.2 Å². The molecule has 0 saturated carbocycles. The highest BCUT2D eigenvalue weighted by Gasteiger charge is 2.24. The Kier molecular flexibility index (Phi) is 6.74. The van der Waals surface area contributed by atoms with Crippen LogP contribution in [0.4, 0.5) is 11.5 Å². The number of aromatic amines is 1. The Morgan fingerprint density at radius 3 is 2.58 bits per heavy atom. The van der Waals surface area contributed by atoms with Crippen LogP contribution in [0.25, 0.3) is 0 Å². The van der Waals surface area contributed by atoms with Crippen LogP contribution in [0.15, 0.2) is 39.9 Å². The van der Waals surface area contributed by atoms with Gasteiger partial charge in [-0.25, -0.2) is 4.79 Å². The average molecular weight is 360 g/mol. The fraction of sp³-hybridized carbons (Fsp3) is 0.389. The standard InChI is InChI=1S/C18H24N4O4/c1-3-4-10-21-16(19)15(17(24)20-18(21)25)22(14(23)12-26-2)11-13-8-6-5-7-9-13/h5-9H,3-4,10-12,19H2,1-2H3,(H,20,24,25). The summed E-state index contributed by atoms with van der Waals surface area (Å²) in [7, 11) is 1.40. The van der Waals surface area contributed by atoms with E-state index in [-0.39, 0.29) is 24.7 Å². The summed E-state index contributed by atoms with van der Waals surface area (Å²) in [6.07, 6.45) is 1.58. The van der Waals surface area contributed by atoms with Gasteiger partial charge in [-0.05, 0) is 12.0 Å². The predicted octanol–water partition coefficient (Wildman–Crippen LogP) is 1.10. The van der Waals surface area contributed by atoms with Crippen LogP contribution in [0, 0.1) is 0 Å². The molecule has 0 radical (unpaired) electrons. The molecule has 0 saturated heterocycles. The molecule has 26 heavy (non-hydrogen) atoms. The number of nitrogens with two attached hydrogens (primary N) is 1. The van der Waals surface area contributed by atoms with Gasteiger partial charge in [0.2, 0.25) is 0 Å². The number of amides is 1. The van der Waals surface area contributed by atoms with Crippen LogP contribution in [0.5, 0.6) is 0 Å². The second-order valence-corrected chi connectivity index (χ2v) is 5.90. The fourth-order valence-electron chi connectivity index (χ4n) is 2.64. The first-order chi connectivity index (χ1) is 12.5. The number of unbranched alkanes of at least 4 members (excludes halogenated alkanes) is 1. The van der Waals surface area contributed by atoms with Gasteiger partial charge in [-0.3, -0.25) is 24.0 Å². The number of hydrogen-bond acceptors (Lipinski definition) is 5. The molecular formula is C18H24N4O4. The molecular weight excluding hydrogens is 336 g/mol. The molecule has 0 bridgehead atoms. The topological polar surface area (TPSA) is 110 Å². The lowest BCUT2D eigenvalue weighted by molar-refractivity contribution is -0.122. The zero-order valence-corrected chi connectivity index (χ0v) is 15.0. The lowest BCUT2D eigenvalue weighted by Gasteiger charge is -2.24. The normalized spacial score (nSPS) is 10.7. The molecule has 8 nitrogen and oxygen atoms in total. The predicted molar refractivity (Wildman–Crippen MR) is 100 cm³/mol. The number of benzene rings is 1. The van der Waals surface area contributed by atoms with E-state index in [1.807, 2.05) is 37.3 Å². The second kappa shape index (κ2) is 9.00. The molecule has 8 heteroatoms. The van der Waals surface area contributed by atoms with E-state index in [0.29, 0.717) is 6.54 Å². The monoisotopic (exact) mass is 360 g/mol. The molecule has 3 N–H and O–H groups in total. The van der Waals surface area contributed by atoms with Crippen LogP contribution in [0.1, 0.15) is 25.3 Å². The molecule has 0 aliphatic heterocycles. The number of nitrogens with one attached hydrogen (secondary N) is 1. The number of ether oxygens (including phenoxy) is 1. The largest absolute Gasteiger partial charge is 0.383 e. The summed E-state index contributed by atoms with van der Waals surface area (Å²) in [5.74, 6) is -0.443. The van der Waals surface area contributed by atoms with Crippen LogP contribution >= 0.6 is 0 Å². The number of nitrogens with zero attached hydrogens (tertiary/aromatic N) is 2. The summed E-state index contributed by atoms with van der Waals surface area (Å²) in [5, 5.41) is 0. The van der Waals surface area contributed by atoms with Crippen LogP contribution in [0.2, 0.25) is 0 Å². The van der Waals surface area contributed by atoms with E-state index in [1.165, 1.54) is 16.6 Å². The van der Waals surface area contributed by atoms with Crippen molar-refractivity contribution >= 4 is 17.4 Å². The van der Waals surface area contributed by atoms with Gasteiger partial charge in [0.1, 0.15) is 12.4 Å². The highest BCUT2D eigenvalue weighted by molar-refractivity contribution is 5.96. The van der Waals surface area contributed by atoms with Crippen molar-refractivity contribution in [1.29, 1.82) is 0 Å². The maximum atomic E-state index is 12.6. The van der Waals surface area contributed by atoms with Gasteiger partial charge in [-0.2, -0.15) is 0 Å². The number of methoxy groups -OCH3 is 1. The van der Waals surface area contributed by atoms with E-state index in [1.54, 1.807) is 0 Å². The number of hydrogen-bond donors (Lipinski definition) is 2. The van der Waals surface area contributed by atoms with E-state index in [2.05, 4.69) is 4.98 Å². The van der Waals surface area contributed by atoms with Gasteiger partial charge in [0.25, 0.3) is 11.5 Å². The van der Waals surface area contributed by atoms with Crippen molar-refractivity contribution in [1.82, 2.24) is 9.55 Å². The Hall–Kier alpha value is -2.87. The van der Waals surface area contributed by atoms with Crippen LogP contribution in [-0.2, 0) is 22.6 Å². The summed E-state index contributed by atoms with van der Waals surface area (Å²) in [5.41, 5.74) is 5.63. The zero-order chi connectivity index (χ0) is 19.1. The number of H-pyrrole nitrogens is 1. The first-order valence-electron chi connectivity index (χ1n) is 8.45. The van der Waals surface area contributed by atoms with Crippen molar-refractivity contribution in [2.24, 2.45) is 0 Å². The van der Waals surface area contributed by atoms with Crippen molar-refractivity contribution in [3.8, 4) is 0 Å². The van der Waals surface area contributed by atoms with E-state index in [4.69, 9.17) is 10.5 Å². The SMILES string of the molecule is CCCCn1c(N)c(N(Cc2ccccc2)C(=O)COC)c(=O)[nH]c1=O. The van der Waals surface area contributed by atoms with E-state index >= 15 is 0 Å². The van der Waals surface area contributed by atoms with Crippen molar-refractivity contribution in [2.45, 2.75) is 32.9 Å². The third-order valence-corrected chi connectivity index (χ3v) is 3.97. The number of aromatic nitrogens is 2. The van der Waals surface area contributed by atoms with Gasteiger partial charge in [0, 0.05) is 13.7 Å². The van der Waals surface area contributed by atoms with Gasteiger partial charge in [-0.1, -0.05) is 43.7 Å². The Labute approximate surface area is 151 Å². The molecule has 2 rings (SSSR count). The maximum Gasteiger partial charge on any atom is 0.330 e. The highest BCUT2D eigenvalue weighted by atomic mass is 16.5. The summed E-state index contributed by atoms with van der Waals surface area (Å²) in [4.78, 5) is 40.6. The van der Waals surface area contributed by atoms with Gasteiger partial charge < -0.3 is 10.5 Å². The number of nitrogen functional groups attached to an aromatic ring is 1. The minimum Gasteiger partial charge on any atom is -0.383 e. The van der Waals surface area contributed by atoms with Crippen LogP contribution in [-0.4, -0.2) is 29.2 Å². The Bertz CT molecular complexity index is 858. The Morgan fingerprint density at radius 2 is 1.96 bits per heavy atom. The molecule has 0 fully saturated rings. The molecule has 0 aliphatic carbocycles. The van der Waals surface area contributed by atoms with Crippen LogP contribution in [0.3, 0.4) is 0 Å².